The van der Waals surface area contributed by atoms with Crippen LogP contribution in [0.5, 0.6) is 0 Å². The van der Waals surface area contributed by atoms with Gasteiger partial charge in [0, 0.05) is 19.2 Å². The van der Waals surface area contributed by atoms with Gasteiger partial charge in [-0.15, -0.1) is 0 Å². The molecule has 1 amide bonds. The molecule has 2 heterocycles. The minimum absolute atomic E-state index is 0.0430. The van der Waals surface area contributed by atoms with Crippen LogP contribution >= 0.6 is 0 Å². The molecule has 0 bridgehead atoms. The van der Waals surface area contributed by atoms with Crippen molar-refractivity contribution >= 4 is 11.8 Å². The van der Waals surface area contributed by atoms with Crippen molar-refractivity contribution in [3.05, 3.63) is 17.9 Å². The highest BCUT2D eigenvalue weighted by Crippen LogP contribution is 2.19. The molecule has 82 valence electrons. The molecule has 2 N–H and O–H groups in total. The van der Waals surface area contributed by atoms with Crippen molar-refractivity contribution in [2.75, 3.05) is 18.8 Å². The summed E-state index contributed by atoms with van der Waals surface area (Å²) >= 11 is 0. The Morgan fingerprint density at radius 1 is 1.47 bits per heavy atom. The summed E-state index contributed by atoms with van der Waals surface area (Å²) in [6.07, 6.45) is 2.14. The predicted octanol–water partition coefficient (Wildman–Crippen LogP) is 1.73. The molecule has 0 aliphatic carbocycles. The molecule has 4 nitrogen and oxygen atoms in total. The molecule has 1 aliphatic rings. The normalized spacial score (nSPS) is 18.1. The minimum atomic E-state index is -0.0430. The number of rotatable bonds is 1. The Bertz CT molecular complexity index is 351. The molecule has 0 spiro atoms. The van der Waals surface area contributed by atoms with Crippen LogP contribution in [0.3, 0.4) is 0 Å². The second kappa shape index (κ2) is 3.96. The summed E-state index contributed by atoms with van der Waals surface area (Å²) in [6, 6.07) is 3.25. The van der Waals surface area contributed by atoms with Gasteiger partial charge >= 0.3 is 0 Å². The van der Waals surface area contributed by atoms with E-state index in [1.54, 1.807) is 12.1 Å². The lowest BCUT2D eigenvalue weighted by Gasteiger charge is -2.29. The third kappa shape index (κ3) is 2.14. The first-order chi connectivity index (χ1) is 7.16. The third-order valence-corrected chi connectivity index (χ3v) is 2.91. The number of piperidine rings is 1. The van der Waals surface area contributed by atoms with Crippen molar-refractivity contribution in [2.24, 2.45) is 5.92 Å². The molecule has 0 atom stereocenters. The van der Waals surface area contributed by atoms with Gasteiger partial charge in [-0.3, -0.25) is 4.79 Å². The summed E-state index contributed by atoms with van der Waals surface area (Å²) in [6.45, 7) is 3.86. The zero-order chi connectivity index (χ0) is 10.8. The van der Waals surface area contributed by atoms with Gasteiger partial charge in [-0.1, -0.05) is 6.92 Å². The van der Waals surface area contributed by atoms with Crippen molar-refractivity contribution in [1.29, 1.82) is 0 Å². The lowest BCUT2D eigenvalue weighted by molar-refractivity contribution is 0.0666. The van der Waals surface area contributed by atoms with Crippen LogP contribution in [0.15, 0.2) is 16.5 Å². The van der Waals surface area contributed by atoms with E-state index >= 15 is 0 Å². The number of nitrogens with two attached hydrogens (primary N) is 1. The van der Waals surface area contributed by atoms with Gasteiger partial charge in [0.05, 0.1) is 0 Å². The molecule has 1 aromatic rings. The fourth-order valence-corrected chi connectivity index (χ4v) is 1.84. The SMILES string of the molecule is CC1CCN(C(=O)c2ccc(N)o2)CC1. The topological polar surface area (TPSA) is 59.5 Å². The van der Waals surface area contributed by atoms with Crippen LogP contribution in [0.4, 0.5) is 5.88 Å². The minimum Gasteiger partial charge on any atom is -0.436 e. The highest BCUT2D eigenvalue weighted by molar-refractivity contribution is 5.91. The Labute approximate surface area is 89.0 Å². The van der Waals surface area contributed by atoms with E-state index in [2.05, 4.69) is 6.92 Å². The van der Waals surface area contributed by atoms with Crippen molar-refractivity contribution < 1.29 is 9.21 Å². The molecule has 1 fully saturated rings. The van der Waals surface area contributed by atoms with Gasteiger partial charge in [0.2, 0.25) is 0 Å². The lowest BCUT2D eigenvalue weighted by atomic mass is 9.99. The van der Waals surface area contributed by atoms with Gasteiger partial charge in [0.15, 0.2) is 11.6 Å². The van der Waals surface area contributed by atoms with Crippen molar-refractivity contribution in [1.82, 2.24) is 4.90 Å². The Morgan fingerprint density at radius 2 is 2.13 bits per heavy atom. The molecular formula is C11H16N2O2. The van der Waals surface area contributed by atoms with E-state index < -0.39 is 0 Å². The van der Waals surface area contributed by atoms with Crippen LogP contribution in [-0.2, 0) is 0 Å². The molecule has 1 saturated heterocycles. The Hall–Kier alpha value is -1.45. The van der Waals surface area contributed by atoms with Gasteiger partial charge in [-0.2, -0.15) is 0 Å². The molecule has 15 heavy (non-hydrogen) atoms. The number of nitrogen functional groups attached to an aromatic ring is 1. The molecule has 2 rings (SSSR count). The maximum Gasteiger partial charge on any atom is 0.289 e. The molecule has 1 aliphatic heterocycles. The maximum atomic E-state index is 11.9. The third-order valence-electron chi connectivity index (χ3n) is 2.91. The second-order valence-electron chi connectivity index (χ2n) is 4.18. The monoisotopic (exact) mass is 208 g/mol. The smallest absolute Gasteiger partial charge is 0.289 e. The Kier molecular flexibility index (Phi) is 2.66. The van der Waals surface area contributed by atoms with E-state index in [0.717, 1.165) is 31.8 Å². The highest BCUT2D eigenvalue weighted by Gasteiger charge is 2.23. The average molecular weight is 208 g/mol. The van der Waals surface area contributed by atoms with Crippen LogP contribution in [-0.4, -0.2) is 23.9 Å². The van der Waals surface area contributed by atoms with Crippen molar-refractivity contribution in [3.8, 4) is 0 Å². The van der Waals surface area contributed by atoms with Crippen LogP contribution in [0, 0.1) is 5.92 Å². The van der Waals surface area contributed by atoms with Gasteiger partial charge in [0.25, 0.3) is 5.91 Å². The summed E-state index contributed by atoms with van der Waals surface area (Å²) in [5.41, 5.74) is 5.43. The highest BCUT2D eigenvalue weighted by atomic mass is 16.4. The van der Waals surface area contributed by atoms with E-state index in [4.69, 9.17) is 10.2 Å². The van der Waals surface area contributed by atoms with Crippen molar-refractivity contribution in [2.45, 2.75) is 19.8 Å². The summed E-state index contributed by atoms with van der Waals surface area (Å²) in [7, 11) is 0. The Morgan fingerprint density at radius 3 is 2.67 bits per heavy atom. The molecule has 0 radical (unpaired) electrons. The van der Waals surface area contributed by atoms with Crippen LogP contribution < -0.4 is 5.73 Å². The standard InChI is InChI=1S/C11H16N2O2/c1-8-4-6-13(7-5-8)11(14)9-2-3-10(12)15-9/h2-3,8H,4-7,12H2,1H3. The van der Waals surface area contributed by atoms with E-state index in [9.17, 15) is 4.79 Å². The Balaban J connectivity index is 2.02. The van der Waals surface area contributed by atoms with Crippen LogP contribution in [0.25, 0.3) is 0 Å². The molecule has 1 aromatic heterocycles. The quantitative estimate of drug-likeness (QED) is 0.764. The van der Waals surface area contributed by atoms with Crippen molar-refractivity contribution in [3.63, 3.8) is 0 Å². The summed E-state index contributed by atoms with van der Waals surface area (Å²) < 4.78 is 5.11. The average Bonchev–Trinajstić information content (AvgIpc) is 2.65. The number of hydrogen-bond donors (Lipinski definition) is 1. The summed E-state index contributed by atoms with van der Waals surface area (Å²) in [5, 5.41) is 0. The number of anilines is 1. The molecule has 0 aromatic carbocycles. The molecule has 0 unspecified atom stereocenters. The molecular weight excluding hydrogens is 192 g/mol. The summed E-state index contributed by atoms with van der Waals surface area (Å²) in [5.74, 6) is 1.32. The van der Waals surface area contributed by atoms with Crippen LogP contribution in [0.1, 0.15) is 30.3 Å². The first-order valence-electron chi connectivity index (χ1n) is 5.31. The lowest BCUT2D eigenvalue weighted by Crippen LogP contribution is -2.37. The zero-order valence-corrected chi connectivity index (χ0v) is 8.90. The van der Waals surface area contributed by atoms with Gasteiger partial charge < -0.3 is 15.1 Å². The van der Waals surface area contributed by atoms with Gasteiger partial charge in [-0.25, -0.2) is 0 Å². The van der Waals surface area contributed by atoms with Gasteiger partial charge in [0.1, 0.15) is 0 Å². The number of carbonyl (C=O) groups is 1. The van der Waals surface area contributed by atoms with E-state index in [-0.39, 0.29) is 5.91 Å². The predicted molar refractivity (Wildman–Crippen MR) is 57.4 cm³/mol. The number of hydrogen-bond acceptors (Lipinski definition) is 3. The van der Waals surface area contributed by atoms with Gasteiger partial charge in [-0.05, 0) is 24.8 Å². The first-order valence-corrected chi connectivity index (χ1v) is 5.31. The number of likely N-dealkylation sites (tertiary alicyclic amines) is 1. The summed E-state index contributed by atoms with van der Waals surface area (Å²) in [4.78, 5) is 13.7. The van der Waals surface area contributed by atoms with E-state index in [1.165, 1.54) is 0 Å². The zero-order valence-electron chi connectivity index (χ0n) is 8.90. The fourth-order valence-electron chi connectivity index (χ4n) is 1.84. The number of furan rings is 1. The first kappa shape index (κ1) is 10.1. The van der Waals surface area contributed by atoms with Crippen LogP contribution in [0.2, 0.25) is 0 Å². The number of carbonyl (C=O) groups excluding carboxylic acids is 1. The fraction of sp³-hybridized carbons (Fsp3) is 0.545. The molecule has 0 saturated carbocycles. The molecule has 4 heteroatoms. The largest absolute Gasteiger partial charge is 0.436 e. The maximum absolute atomic E-state index is 11.9. The van der Waals surface area contributed by atoms with E-state index in [1.807, 2.05) is 4.90 Å². The second-order valence-corrected chi connectivity index (χ2v) is 4.18. The number of amides is 1. The van der Waals surface area contributed by atoms with E-state index in [0.29, 0.717) is 11.6 Å². The number of nitrogens with zero attached hydrogens (tertiary/aromatic N) is 1.